The maximum absolute atomic E-state index is 12.7. The van der Waals surface area contributed by atoms with E-state index in [4.69, 9.17) is 9.47 Å². The molecule has 1 rings (SSSR count). The third-order valence-electron chi connectivity index (χ3n) is 1.99. The molecule has 0 radical (unpaired) electrons. The topological polar surface area (TPSA) is 57.7 Å². The predicted molar refractivity (Wildman–Crippen MR) is 53.6 cm³/mol. The number of carbonyl (C=O) groups is 1. The Kier molecular flexibility index (Phi) is 4.19. The summed E-state index contributed by atoms with van der Waals surface area (Å²) >= 11 is 0. The van der Waals surface area contributed by atoms with Crippen molar-refractivity contribution in [2.75, 3.05) is 21.3 Å². The average molecular weight is 247 g/mol. The molecule has 0 atom stereocenters. The highest BCUT2D eigenvalue weighted by Crippen LogP contribution is 2.36. The van der Waals surface area contributed by atoms with Gasteiger partial charge in [-0.25, -0.2) is 18.6 Å². The molecule has 1 aromatic heterocycles. The van der Waals surface area contributed by atoms with E-state index in [1.165, 1.54) is 20.3 Å². The normalized spacial score (nSPS) is 10.2. The van der Waals surface area contributed by atoms with E-state index >= 15 is 0 Å². The van der Waals surface area contributed by atoms with Crippen LogP contribution >= 0.6 is 0 Å². The second kappa shape index (κ2) is 5.42. The Morgan fingerprint density at radius 3 is 2.35 bits per heavy atom. The highest BCUT2D eigenvalue weighted by molar-refractivity contribution is 5.88. The van der Waals surface area contributed by atoms with E-state index in [2.05, 4.69) is 9.72 Å². The van der Waals surface area contributed by atoms with E-state index in [0.29, 0.717) is 0 Å². The van der Waals surface area contributed by atoms with E-state index < -0.39 is 18.1 Å². The summed E-state index contributed by atoms with van der Waals surface area (Å²) in [5.41, 5.74) is -0.923. The van der Waals surface area contributed by atoms with Crippen LogP contribution in [-0.2, 0) is 4.74 Å². The molecule has 0 fully saturated rings. The molecule has 0 aromatic carbocycles. The summed E-state index contributed by atoms with van der Waals surface area (Å²) in [5.74, 6) is -1.03. The van der Waals surface area contributed by atoms with Gasteiger partial charge >= 0.3 is 5.97 Å². The molecule has 0 spiro atoms. The minimum absolute atomic E-state index is 0.00167. The van der Waals surface area contributed by atoms with Crippen LogP contribution in [0.4, 0.5) is 8.78 Å². The van der Waals surface area contributed by atoms with Crippen LogP contribution in [0, 0.1) is 0 Å². The zero-order valence-corrected chi connectivity index (χ0v) is 9.49. The van der Waals surface area contributed by atoms with Gasteiger partial charge in [-0.3, -0.25) is 0 Å². The van der Waals surface area contributed by atoms with Crippen molar-refractivity contribution in [2.45, 2.75) is 6.43 Å². The van der Waals surface area contributed by atoms with Crippen molar-refractivity contribution in [1.82, 2.24) is 4.98 Å². The highest BCUT2D eigenvalue weighted by atomic mass is 19.3. The molecule has 0 aliphatic heterocycles. The summed E-state index contributed by atoms with van der Waals surface area (Å²) in [6, 6.07) is 1.18. The molecule has 0 bridgehead atoms. The van der Waals surface area contributed by atoms with Crippen molar-refractivity contribution in [3.05, 3.63) is 17.5 Å². The molecule has 0 amide bonds. The summed E-state index contributed by atoms with van der Waals surface area (Å²) in [5, 5.41) is 0. The lowest BCUT2D eigenvalue weighted by Gasteiger charge is -2.12. The van der Waals surface area contributed by atoms with Gasteiger partial charge in [0.25, 0.3) is 6.43 Å². The Hall–Kier alpha value is -1.92. The molecule has 0 aliphatic rings. The van der Waals surface area contributed by atoms with Crippen LogP contribution in [-0.4, -0.2) is 32.3 Å². The highest BCUT2D eigenvalue weighted by Gasteiger charge is 2.24. The van der Waals surface area contributed by atoms with E-state index in [1.807, 2.05) is 0 Å². The Bertz CT molecular complexity index is 423. The fourth-order valence-corrected chi connectivity index (χ4v) is 1.24. The maximum Gasteiger partial charge on any atom is 0.356 e. The van der Waals surface area contributed by atoms with Gasteiger partial charge in [0.2, 0.25) is 0 Å². The van der Waals surface area contributed by atoms with Crippen LogP contribution in [0.2, 0.25) is 0 Å². The smallest absolute Gasteiger partial charge is 0.356 e. The summed E-state index contributed by atoms with van der Waals surface area (Å²) in [6.07, 6.45) is -2.89. The zero-order valence-electron chi connectivity index (χ0n) is 9.49. The molecule has 17 heavy (non-hydrogen) atoms. The number of methoxy groups -OCH3 is 3. The molecule has 7 heteroatoms. The lowest BCUT2D eigenvalue weighted by atomic mass is 10.2. The molecule has 94 valence electrons. The molecule has 5 nitrogen and oxygen atoms in total. The van der Waals surface area contributed by atoms with E-state index in [9.17, 15) is 13.6 Å². The molecule has 0 saturated heterocycles. The maximum atomic E-state index is 12.7. The van der Waals surface area contributed by atoms with Crippen LogP contribution < -0.4 is 9.47 Å². The predicted octanol–water partition coefficient (Wildman–Crippen LogP) is 1.82. The van der Waals surface area contributed by atoms with Crippen molar-refractivity contribution in [1.29, 1.82) is 0 Å². The minimum atomic E-state index is -2.89. The second-order valence-electron chi connectivity index (χ2n) is 2.92. The molecule has 1 aromatic rings. The van der Waals surface area contributed by atoms with Crippen LogP contribution in [0.15, 0.2) is 6.07 Å². The summed E-state index contributed by atoms with van der Waals surface area (Å²) in [4.78, 5) is 14.7. The third-order valence-corrected chi connectivity index (χ3v) is 1.99. The van der Waals surface area contributed by atoms with Crippen LogP contribution in [0.3, 0.4) is 0 Å². The van der Waals surface area contributed by atoms with Crippen LogP contribution in [0.5, 0.6) is 11.5 Å². The van der Waals surface area contributed by atoms with Gasteiger partial charge in [0.1, 0.15) is 0 Å². The Balaban J connectivity index is 3.40. The molecule has 0 N–H and O–H groups in total. The van der Waals surface area contributed by atoms with Crippen LogP contribution in [0.25, 0.3) is 0 Å². The standard InChI is InChI=1S/C10H11F2NO4/c1-15-6-4-5(10(14)17-3)13-7(9(11)12)8(6)16-2/h4,9H,1-3H3. The summed E-state index contributed by atoms with van der Waals surface area (Å²) < 4.78 is 39.5. The molecule has 0 aliphatic carbocycles. The van der Waals surface area contributed by atoms with E-state index in [0.717, 1.165) is 7.11 Å². The van der Waals surface area contributed by atoms with Gasteiger partial charge < -0.3 is 14.2 Å². The fourth-order valence-electron chi connectivity index (χ4n) is 1.24. The molecule has 0 saturated carbocycles. The van der Waals surface area contributed by atoms with E-state index in [1.54, 1.807) is 0 Å². The Morgan fingerprint density at radius 2 is 1.94 bits per heavy atom. The van der Waals surface area contributed by atoms with Gasteiger partial charge in [0.05, 0.1) is 21.3 Å². The van der Waals surface area contributed by atoms with Crippen molar-refractivity contribution >= 4 is 5.97 Å². The number of halogens is 2. The zero-order chi connectivity index (χ0) is 13.0. The first kappa shape index (κ1) is 13.1. The lowest BCUT2D eigenvalue weighted by Crippen LogP contribution is -2.09. The summed E-state index contributed by atoms with van der Waals surface area (Å²) in [6.45, 7) is 0. The first-order valence-corrected chi connectivity index (χ1v) is 4.54. The quantitative estimate of drug-likeness (QED) is 0.759. The van der Waals surface area contributed by atoms with Crippen molar-refractivity contribution in [3.63, 3.8) is 0 Å². The van der Waals surface area contributed by atoms with Gasteiger partial charge in [-0.05, 0) is 0 Å². The SMILES string of the molecule is COC(=O)c1cc(OC)c(OC)c(C(F)F)n1. The van der Waals surface area contributed by atoms with Crippen LogP contribution in [0.1, 0.15) is 22.6 Å². The van der Waals surface area contributed by atoms with E-state index in [-0.39, 0.29) is 17.2 Å². The number of rotatable bonds is 4. The first-order valence-electron chi connectivity index (χ1n) is 4.54. The monoisotopic (exact) mass is 247 g/mol. The fraction of sp³-hybridized carbons (Fsp3) is 0.400. The average Bonchev–Trinajstić information content (AvgIpc) is 2.35. The largest absolute Gasteiger partial charge is 0.493 e. The summed E-state index contributed by atoms with van der Waals surface area (Å²) in [7, 11) is 3.61. The Morgan fingerprint density at radius 1 is 1.29 bits per heavy atom. The Labute approximate surface area is 96.3 Å². The number of hydrogen-bond donors (Lipinski definition) is 0. The molecular weight excluding hydrogens is 236 g/mol. The van der Waals surface area contributed by atoms with Crippen molar-refractivity contribution in [3.8, 4) is 11.5 Å². The van der Waals surface area contributed by atoms with Gasteiger partial charge in [0, 0.05) is 6.07 Å². The molecule has 1 heterocycles. The second-order valence-corrected chi connectivity index (χ2v) is 2.92. The third kappa shape index (κ3) is 2.61. The molecule has 0 unspecified atom stereocenters. The number of esters is 1. The van der Waals surface area contributed by atoms with Crippen molar-refractivity contribution < 1.29 is 27.8 Å². The first-order chi connectivity index (χ1) is 8.04. The van der Waals surface area contributed by atoms with Gasteiger partial charge in [-0.1, -0.05) is 0 Å². The van der Waals surface area contributed by atoms with Crippen molar-refractivity contribution in [2.24, 2.45) is 0 Å². The number of ether oxygens (including phenoxy) is 3. The lowest BCUT2D eigenvalue weighted by molar-refractivity contribution is 0.0591. The van der Waals surface area contributed by atoms with Gasteiger partial charge in [-0.2, -0.15) is 0 Å². The number of pyridine rings is 1. The number of alkyl halides is 2. The number of aromatic nitrogens is 1. The minimum Gasteiger partial charge on any atom is -0.493 e. The van der Waals surface area contributed by atoms with Gasteiger partial charge in [-0.15, -0.1) is 0 Å². The number of carbonyl (C=O) groups excluding carboxylic acids is 1. The molecular formula is C10H11F2NO4. The number of nitrogens with zero attached hydrogens (tertiary/aromatic N) is 1. The van der Waals surface area contributed by atoms with Gasteiger partial charge in [0.15, 0.2) is 22.9 Å². The number of hydrogen-bond acceptors (Lipinski definition) is 5.